The molecule has 0 atom stereocenters. The Kier molecular flexibility index (Phi) is 7.67. The van der Waals surface area contributed by atoms with E-state index in [0.29, 0.717) is 19.6 Å². The van der Waals surface area contributed by atoms with Crippen LogP contribution in [-0.2, 0) is 24.2 Å². The highest BCUT2D eigenvalue weighted by Gasteiger charge is 2.16. The molecular formula is C22H28FN3O2. The number of rotatable bonds is 8. The van der Waals surface area contributed by atoms with Crippen molar-refractivity contribution in [3.8, 4) is 5.75 Å². The third kappa shape index (κ3) is 5.96. The van der Waals surface area contributed by atoms with Gasteiger partial charge in [0, 0.05) is 25.2 Å². The largest absolute Gasteiger partial charge is 0.467 e. The van der Waals surface area contributed by atoms with E-state index >= 15 is 0 Å². The van der Waals surface area contributed by atoms with Crippen molar-refractivity contribution in [2.75, 3.05) is 26.4 Å². The van der Waals surface area contributed by atoms with Crippen LogP contribution in [0.4, 0.5) is 4.39 Å². The van der Waals surface area contributed by atoms with Crippen molar-refractivity contribution in [2.45, 2.75) is 32.8 Å². The number of nitrogens with one attached hydrogen (secondary N) is 2. The van der Waals surface area contributed by atoms with Gasteiger partial charge < -0.3 is 20.1 Å². The molecular weight excluding hydrogens is 357 g/mol. The van der Waals surface area contributed by atoms with E-state index in [1.807, 2.05) is 13.0 Å². The van der Waals surface area contributed by atoms with Crippen LogP contribution in [0.5, 0.6) is 5.75 Å². The lowest BCUT2D eigenvalue weighted by molar-refractivity contribution is -0.0172. The lowest BCUT2D eigenvalue weighted by Crippen LogP contribution is -2.38. The number of ether oxygens (including phenoxy) is 2. The van der Waals surface area contributed by atoms with Crippen molar-refractivity contribution < 1.29 is 13.9 Å². The number of hydrogen-bond acceptors (Lipinski definition) is 3. The average Bonchev–Trinajstić information content (AvgIpc) is 2.71. The fraction of sp³-hybridized carbons (Fsp3) is 0.409. The number of guanidine groups is 1. The number of nitrogens with zero attached hydrogens (tertiary/aromatic N) is 1. The summed E-state index contributed by atoms with van der Waals surface area (Å²) in [5, 5.41) is 6.58. The van der Waals surface area contributed by atoms with Crippen LogP contribution in [0.15, 0.2) is 47.5 Å². The second-order valence-corrected chi connectivity index (χ2v) is 6.69. The molecule has 3 rings (SSSR count). The minimum atomic E-state index is -0.260. The summed E-state index contributed by atoms with van der Waals surface area (Å²) in [6.45, 7) is 4.83. The molecule has 0 aromatic heterocycles. The predicted molar refractivity (Wildman–Crippen MR) is 109 cm³/mol. The van der Waals surface area contributed by atoms with Gasteiger partial charge in [0.15, 0.2) is 12.8 Å². The quantitative estimate of drug-likeness (QED) is 0.415. The molecule has 28 heavy (non-hydrogen) atoms. The smallest absolute Gasteiger partial charge is 0.191 e. The topological polar surface area (TPSA) is 54.9 Å². The van der Waals surface area contributed by atoms with Crippen LogP contribution in [0.1, 0.15) is 30.0 Å². The van der Waals surface area contributed by atoms with Crippen molar-refractivity contribution in [1.82, 2.24) is 10.6 Å². The minimum Gasteiger partial charge on any atom is -0.467 e. The standard InChI is InChI=1S/C22H28FN3O2/c1-2-24-22(25-11-6-9-17-7-4-3-5-8-17)26-12-10-18-13-20(23)14-19-15-27-16-28-21(18)19/h3-5,7-8,13-14H,2,6,9-12,15-16H2,1H3,(H2,24,25,26). The molecule has 0 unspecified atom stereocenters. The average molecular weight is 385 g/mol. The Balaban J connectivity index is 1.50. The maximum Gasteiger partial charge on any atom is 0.191 e. The first-order valence-electron chi connectivity index (χ1n) is 9.84. The van der Waals surface area contributed by atoms with Gasteiger partial charge in [-0.3, -0.25) is 4.99 Å². The van der Waals surface area contributed by atoms with Crippen molar-refractivity contribution in [2.24, 2.45) is 4.99 Å². The third-order valence-electron chi connectivity index (χ3n) is 4.52. The molecule has 1 aliphatic rings. The molecule has 0 amide bonds. The van der Waals surface area contributed by atoms with Gasteiger partial charge in [-0.15, -0.1) is 0 Å². The molecule has 0 saturated heterocycles. The number of benzene rings is 2. The predicted octanol–water partition coefficient (Wildman–Crippen LogP) is 3.42. The van der Waals surface area contributed by atoms with Gasteiger partial charge in [-0.2, -0.15) is 0 Å². The highest BCUT2D eigenvalue weighted by Crippen LogP contribution is 2.29. The van der Waals surface area contributed by atoms with Gasteiger partial charge in [0.05, 0.1) is 6.61 Å². The van der Waals surface area contributed by atoms with E-state index in [1.54, 1.807) is 0 Å². The van der Waals surface area contributed by atoms with Gasteiger partial charge in [0.1, 0.15) is 11.6 Å². The Hall–Kier alpha value is -2.60. The van der Waals surface area contributed by atoms with Crippen LogP contribution in [0.3, 0.4) is 0 Å². The van der Waals surface area contributed by atoms with Gasteiger partial charge in [-0.25, -0.2) is 4.39 Å². The summed E-state index contributed by atoms with van der Waals surface area (Å²) in [6.07, 6.45) is 2.65. The SMILES string of the molecule is CCNC(=NCCCc1ccccc1)NCCc1cc(F)cc2c1OCOC2. The first-order valence-corrected chi connectivity index (χ1v) is 9.84. The lowest BCUT2D eigenvalue weighted by atomic mass is 10.1. The summed E-state index contributed by atoms with van der Waals surface area (Å²) in [4.78, 5) is 4.63. The van der Waals surface area contributed by atoms with Gasteiger partial charge in [-0.1, -0.05) is 30.3 Å². The van der Waals surface area contributed by atoms with Crippen LogP contribution >= 0.6 is 0 Å². The van der Waals surface area contributed by atoms with Crippen molar-refractivity contribution in [3.05, 3.63) is 65.0 Å². The molecule has 6 heteroatoms. The number of halogens is 1. The van der Waals surface area contributed by atoms with Crippen molar-refractivity contribution in [1.29, 1.82) is 0 Å². The zero-order valence-corrected chi connectivity index (χ0v) is 16.3. The monoisotopic (exact) mass is 385 g/mol. The number of aliphatic imine (C=N–C) groups is 1. The second-order valence-electron chi connectivity index (χ2n) is 6.69. The molecule has 1 heterocycles. The fourth-order valence-electron chi connectivity index (χ4n) is 3.22. The maximum atomic E-state index is 13.8. The first kappa shape index (κ1) is 20.1. The molecule has 0 aliphatic carbocycles. The molecule has 0 radical (unpaired) electrons. The molecule has 0 fully saturated rings. The summed E-state index contributed by atoms with van der Waals surface area (Å²) in [5.74, 6) is 1.27. The van der Waals surface area contributed by atoms with Crippen LogP contribution < -0.4 is 15.4 Å². The second kappa shape index (κ2) is 10.7. The Morgan fingerprint density at radius 3 is 2.82 bits per heavy atom. The molecule has 150 valence electrons. The highest BCUT2D eigenvalue weighted by atomic mass is 19.1. The summed E-state index contributed by atoms with van der Waals surface area (Å²) in [7, 11) is 0. The molecule has 2 aromatic rings. The first-order chi connectivity index (χ1) is 13.8. The maximum absolute atomic E-state index is 13.8. The van der Waals surface area contributed by atoms with E-state index in [-0.39, 0.29) is 12.6 Å². The summed E-state index contributed by atoms with van der Waals surface area (Å²) in [5.41, 5.74) is 2.95. The van der Waals surface area contributed by atoms with Gasteiger partial charge in [-0.05, 0) is 49.4 Å². The molecule has 2 N–H and O–H groups in total. The molecule has 0 saturated carbocycles. The number of aryl methyl sites for hydroxylation is 1. The highest BCUT2D eigenvalue weighted by molar-refractivity contribution is 5.79. The van der Waals surface area contributed by atoms with Crippen LogP contribution in [0, 0.1) is 5.82 Å². The Morgan fingerprint density at radius 2 is 2.00 bits per heavy atom. The summed E-state index contributed by atoms with van der Waals surface area (Å²) >= 11 is 0. The minimum absolute atomic E-state index is 0.213. The molecule has 0 bridgehead atoms. The van der Waals surface area contributed by atoms with Crippen molar-refractivity contribution in [3.63, 3.8) is 0 Å². The molecule has 5 nitrogen and oxygen atoms in total. The van der Waals surface area contributed by atoms with Gasteiger partial charge in [0.25, 0.3) is 0 Å². The fourth-order valence-corrected chi connectivity index (χ4v) is 3.22. The summed E-state index contributed by atoms with van der Waals surface area (Å²) in [6, 6.07) is 13.4. The third-order valence-corrected chi connectivity index (χ3v) is 4.52. The van der Waals surface area contributed by atoms with Crippen LogP contribution in [0.2, 0.25) is 0 Å². The van der Waals surface area contributed by atoms with Gasteiger partial charge >= 0.3 is 0 Å². The molecule has 0 spiro atoms. The summed E-state index contributed by atoms with van der Waals surface area (Å²) < 4.78 is 24.6. The zero-order chi connectivity index (χ0) is 19.6. The van der Waals surface area contributed by atoms with Gasteiger partial charge in [0.2, 0.25) is 0 Å². The van der Waals surface area contributed by atoms with Crippen LogP contribution in [0.25, 0.3) is 0 Å². The lowest BCUT2D eigenvalue weighted by Gasteiger charge is -2.21. The Bertz CT molecular complexity index is 781. The van der Waals surface area contributed by atoms with E-state index in [1.165, 1.54) is 17.7 Å². The molecule has 1 aliphatic heterocycles. The number of fused-ring (bicyclic) bond motifs is 1. The normalized spacial score (nSPS) is 13.6. The van der Waals surface area contributed by atoms with E-state index in [2.05, 4.69) is 39.9 Å². The number of hydrogen-bond donors (Lipinski definition) is 2. The van der Waals surface area contributed by atoms with E-state index < -0.39 is 0 Å². The van der Waals surface area contributed by atoms with Crippen LogP contribution in [-0.4, -0.2) is 32.4 Å². The van der Waals surface area contributed by atoms with E-state index in [4.69, 9.17) is 9.47 Å². The zero-order valence-electron chi connectivity index (χ0n) is 16.3. The van der Waals surface area contributed by atoms with E-state index in [9.17, 15) is 4.39 Å². The Labute approximate surface area is 166 Å². The van der Waals surface area contributed by atoms with Crippen molar-refractivity contribution >= 4 is 5.96 Å². The Morgan fingerprint density at radius 1 is 1.14 bits per heavy atom. The molecule has 2 aromatic carbocycles. The van der Waals surface area contributed by atoms with E-state index in [0.717, 1.165) is 48.8 Å².